The smallest absolute Gasteiger partial charge is 0.307 e. The second-order valence-corrected chi connectivity index (χ2v) is 19.5. The Morgan fingerprint density at radius 3 is 2.17 bits per heavy atom. The van der Waals surface area contributed by atoms with Crippen LogP contribution in [0.4, 0.5) is 0 Å². The van der Waals surface area contributed by atoms with Gasteiger partial charge in [-0.1, -0.05) is 119 Å². The van der Waals surface area contributed by atoms with Crippen LogP contribution in [0.3, 0.4) is 0 Å². The van der Waals surface area contributed by atoms with Gasteiger partial charge in [-0.3, -0.25) is 4.79 Å². The first-order chi connectivity index (χ1) is 23.0. The Morgan fingerprint density at radius 2 is 1.58 bits per heavy atom. The standard InChI is InChI=1S/C40H45IO6Si/c1-28-30(21-23-46-48(39(2,3)4,32-16-10-6-11-17-32)33-18-12-7-13-19-33)27-45-40(28)22-20-34-31(25-36(42)43)24-35(37(41)38(34)47-40)44-26-29-14-8-5-9-15-29/h5-19,24,28,30H,20-23,25-27H2,1-4H3,(H,42,43)/t28-,30+,40+/m0/s1. The van der Waals surface area contributed by atoms with E-state index in [-0.39, 0.29) is 23.3 Å². The van der Waals surface area contributed by atoms with E-state index in [1.54, 1.807) is 0 Å². The van der Waals surface area contributed by atoms with E-state index in [9.17, 15) is 9.90 Å². The van der Waals surface area contributed by atoms with Crippen molar-refractivity contribution in [3.05, 3.63) is 117 Å². The van der Waals surface area contributed by atoms with Crippen LogP contribution in [0.25, 0.3) is 0 Å². The van der Waals surface area contributed by atoms with Crippen molar-refractivity contribution in [2.75, 3.05) is 13.2 Å². The SMILES string of the molecule is C[C@H]1[C@H](CCO[Si](c2ccccc2)(c2ccccc2)C(C)(C)C)CO[C@@]12CCc1c(CC(=O)O)cc(OCc3ccccc3)c(I)c1O2. The van der Waals surface area contributed by atoms with Gasteiger partial charge >= 0.3 is 5.97 Å². The van der Waals surface area contributed by atoms with E-state index in [2.05, 4.69) is 111 Å². The molecule has 0 saturated carbocycles. The number of carboxylic acid groups (broad SMARTS) is 1. The lowest BCUT2D eigenvalue weighted by Crippen LogP contribution is -2.66. The average molecular weight is 777 g/mol. The van der Waals surface area contributed by atoms with Gasteiger partial charge in [0.05, 0.1) is 16.6 Å². The molecular formula is C40H45IO6Si. The van der Waals surface area contributed by atoms with Gasteiger partial charge in [0, 0.05) is 18.9 Å². The third-order valence-electron chi connectivity index (χ3n) is 10.1. The first kappa shape index (κ1) is 34.7. The fraction of sp³-hybridized carbons (Fsp3) is 0.375. The summed E-state index contributed by atoms with van der Waals surface area (Å²) in [5.74, 6) is 0.0267. The van der Waals surface area contributed by atoms with Gasteiger partial charge in [-0.2, -0.15) is 0 Å². The number of carbonyl (C=O) groups is 1. The highest BCUT2D eigenvalue weighted by Crippen LogP contribution is 2.50. The summed E-state index contributed by atoms with van der Waals surface area (Å²) in [6.07, 6.45) is 2.11. The van der Waals surface area contributed by atoms with Gasteiger partial charge in [0.25, 0.3) is 8.32 Å². The number of hydrogen-bond acceptors (Lipinski definition) is 5. The zero-order valence-electron chi connectivity index (χ0n) is 28.2. The molecule has 2 heterocycles. The Bertz CT molecular complexity index is 1670. The van der Waals surface area contributed by atoms with Gasteiger partial charge in [0.1, 0.15) is 18.1 Å². The van der Waals surface area contributed by atoms with Crippen molar-refractivity contribution in [3.63, 3.8) is 0 Å². The summed E-state index contributed by atoms with van der Waals surface area (Å²) in [5, 5.41) is 12.2. The predicted molar refractivity (Wildman–Crippen MR) is 200 cm³/mol. The monoisotopic (exact) mass is 776 g/mol. The molecule has 2 aliphatic heterocycles. The van der Waals surface area contributed by atoms with Crippen molar-refractivity contribution < 1.29 is 28.5 Å². The van der Waals surface area contributed by atoms with Crippen molar-refractivity contribution in [1.82, 2.24) is 0 Å². The lowest BCUT2D eigenvalue weighted by atomic mass is 9.83. The predicted octanol–water partition coefficient (Wildman–Crippen LogP) is 7.77. The number of carboxylic acids is 1. The van der Waals surface area contributed by atoms with E-state index < -0.39 is 20.1 Å². The zero-order valence-corrected chi connectivity index (χ0v) is 31.4. The summed E-state index contributed by atoms with van der Waals surface area (Å²) < 4.78 is 27.8. The summed E-state index contributed by atoms with van der Waals surface area (Å²) in [4.78, 5) is 11.9. The first-order valence-electron chi connectivity index (χ1n) is 16.8. The van der Waals surface area contributed by atoms with Crippen LogP contribution in [0.15, 0.2) is 97.1 Å². The van der Waals surface area contributed by atoms with Crippen LogP contribution < -0.4 is 19.8 Å². The maximum atomic E-state index is 11.9. The molecule has 1 N–H and O–H groups in total. The number of fused-ring (bicyclic) bond motifs is 1. The van der Waals surface area contributed by atoms with Gasteiger partial charge in [-0.25, -0.2) is 0 Å². The fourth-order valence-corrected chi connectivity index (χ4v) is 12.9. The molecule has 0 unspecified atom stereocenters. The molecule has 0 amide bonds. The number of ether oxygens (including phenoxy) is 3. The molecule has 4 aromatic rings. The van der Waals surface area contributed by atoms with Crippen LogP contribution >= 0.6 is 22.6 Å². The molecule has 1 spiro atoms. The highest BCUT2D eigenvalue weighted by Gasteiger charge is 2.53. The molecule has 252 valence electrons. The molecule has 0 bridgehead atoms. The van der Waals surface area contributed by atoms with Gasteiger partial charge < -0.3 is 23.7 Å². The minimum atomic E-state index is -2.64. The van der Waals surface area contributed by atoms with Crippen LogP contribution in [0.5, 0.6) is 11.5 Å². The minimum Gasteiger partial charge on any atom is -0.488 e. The number of benzene rings is 4. The van der Waals surface area contributed by atoms with E-state index >= 15 is 0 Å². The summed E-state index contributed by atoms with van der Waals surface area (Å²) >= 11 is 2.28. The normalized spacial score (nSPS) is 20.7. The van der Waals surface area contributed by atoms with E-state index in [4.69, 9.17) is 18.6 Å². The minimum absolute atomic E-state index is 0.0874. The Hall–Kier alpha value is -3.18. The Morgan fingerprint density at radius 1 is 0.979 bits per heavy atom. The first-order valence-corrected chi connectivity index (χ1v) is 19.8. The summed E-state index contributed by atoms with van der Waals surface area (Å²) in [6, 6.07) is 33.4. The molecule has 4 aromatic carbocycles. The Kier molecular flexibility index (Phi) is 10.4. The molecule has 0 aliphatic carbocycles. The van der Waals surface area contributed by atoms with Crippen molar-refractivity contribution in [2.24, 2.45) is 11.8 Å². The zero-order chi connectivity index (χ0) is 33.9. The van der Waals surface area contributed by atoms with Crippen molar-refractivity contribution in [3.8, 4) is 11.5 Å². The number of hydrogen-bond donors (Lipinski definition) is 1. The van der Waals surface area contributed by atoms with E-state index in [0.29, 0.717) is 44.2 Å². The second-order valence-electron chi connectivity index (χ2n) is 14.1. The molecule has 6 rings (SSSR count). The molecule has 0 radical (unpaired) electrons. The fourth-order valence-electron chi connectivity index (χ4n) is 7.53. The van der Waals surface area contributed by atoms with Gasteiger partial charge in [-0.15, -0.1) is 0 Å². The molecule has 1 fully saturated rings. The maximum absolute atomic E-state index is 11.9. The van der Waals surface area contributed by atoms with E-state index in [1.165, 1.54) is 10.4 Å². The number of halogens is 1. The molecule has 0 aromatic heterocycles. The largest absolute Gasteiger partial charge is 0.488 e. The van der Waals surface area contributed by atoms with Crippen molar-refractivity contribution in [1.29, 1.82) is 0 Å². The van der Waals surface area contributed by atoms with Crippen LogP contribution in [-0.2, 0) is 33.4 Å². The Balaban J connectivity index is 1.22. The highest BCUT2D eigenvalue weighted by molar-refractivity contribution is 14.1. The second kappa shape index (κ2) is 14.4. The molecule has 3 atom stereocenters. The molecular weight excluding hydrogens is 731 g/mol. The summed E-state index contributed by atoms with van der Waals surface area (Å²) in [5.41, 5.74) is 2.71. The average Bonchev–Trinajstić information content (AvgIpc) is 3.37. The quantitative estimate of drug-likeness (QED) is 0.124. The number of rotatable bonds is 11. The molecule has 6 nitrogen and oxygen atoms in total. The summed E-state index contributed by atoms with van der Waals surface area (Å²) in [6.45, 7) is 10.7. The Labute approximate surface area is 299 Å². The van der Waals surface area contributed by atoms with Crippen LogP contribution in [0.1, 0.15) is 57.2 Å². The number of aliphatic carboxylic acids is 1. The molecule has 48 heavy (non-hydrogen) atoms. The third-order valence-corrected chi connectivity index (χ3v) is 16.2. The third kappa shape index (κ3) is 6.81. The molecule has 1 saturated heterocycles. The lowest BCUT2D eigenvalue weighted by molar-refractivity contribution is -0.182. The van der Waals surface area contributed by atoms with Crippen LogP contribution in [0.2, 0.25) is 5.04 Å². The van der Waals surface area contributed by atoms with Crippen LogP contribution in [-0.4, -0.2) is 38.4 Å². The molecule has 8 heteroatoms. The van der Waals surface area contributed by atoms with Gasteiger partial charge in [0.2, 0.25) is 5.79 Å². The van der Waals surface area contributed by atoms with Crippen molar-refractivity contribution in [2.45, 2.75) is 70.8 Å². The topological polar surface area (TPSA) is 74.2 Å². The maximum Gasteiger partial charge on any atom is 0.307 e. The van der Waals surface area contributed by atoms with Crippen LogP contribution in [0, 0.1) is 15.4 Å². The molecule has 2 aliphatic rings. The lowest BCUT2D eigenvalue weighted by Gasteiger charge is -2.43. The van der Waals surface area contributed by atoms with E-state index in [0.717, 1.165) is 26.7 Å². The summed E-state index contributed by atoms with van der Waals surface area (Å²) in [7, 11) is -2.64. The van der Waals surface area contributed by atoms with Crippen molar-refractivity contribution >= 4 is 47.3 Å². The van der Waals surface area contributed by atoms with Gasteiger partial charge in [-0.05, 0) is 79.5 Å². The van der Waals surface area contributed by atoms with Gasteiger partial charge in [0.15, 0.2) is 0 Å². The highest BCUT2D eigenvalue weighted by atomic mass is 127. The van der Waals surface area contributed by atoms with E-state index in [1.807, 2.05) is 36.4 Å².